The molecular weight excluding hydrogens is 280 g/mol. The van der Waals surface area contributed by atoms with Gasteiger partial charge in [0.15, 0.2) is 0 Å². The first-order valence-corrected chi connectivity index (χ1v) is 7.20. The summed E-state index contributed by atoms with van der Waals surface area (Å²) in [5, 5.41) is 12.0. The van der Waals surface area contributed by atoms with Gasteiger partial charge in [0.05, 0.1) is 10.6 Å². The van der Waals surface area contributed by atoms with Crippen molar-refractivity contribution in [2.45, 2.75) is 11.1 Å². The fraction of sp³-hybridized carbons (Fsp3) is 0.0769. The molecule has 2 aromatic rings. The van der Waals surface area contributed by atoms with E-state index in [0.717, 1.165) is 0 Å². The number of rotatable bonds is 5. The number of aliphatic hydroxyl groups is 1. The van der Waals surface area contributed by atoms with Crippen molar-refractivity contribution in [1.29, 1.82) is 0 Å². The van der Waals surface area contributed by atoms with Crippen LogP contribution >= 0.6 is 0 Å². The maximum atomic E-state index is 12.2. The number of aliphatic hydroxyl groups excluding tert-OH is 1. The number of hydrogen-bond donors (Lipinski definition) is 2. The van der Waals surface area contributed by atoms with Crippen LogP contribution in [0.3, 0.4) is 0 Å². The van der Waals surface area contributed by atoms with E-state index in [1.165, 1.54) is 24.3 Å². The number of hydrogen-bond acceptors (Lipinski definition) is 5. The van der Waals surface area contributed by atoms with E-state index >= 15 is 0 Å². The Morgan fingerprint density at radius 1 is 1.00 bits per heavy atom. The van der Waals surface area contributed by atoms with Crippen LogP contribution in [-0.4, -0.2) is 13.5 Å². The van der Waals surface area contributed by atoms with E-state index in [-0.39, 0.29) is 16.1 Å². The van der Waals surface area contributed by atoms with E-state index in [0.29, 0.717) is 0 Å². The predicted molar refractivity (Wildman–Crippen MR) is 74.4 cm³/mol. The maximum Gasteiger partial charge on any atom is 0.261 e. The zero-order valence-corrected chi connectivity index (χ0v) is 11.1. The van der Waals surface area contributed by atoms with E-state index in [2.05, 4.69) is 9.90 Å². The van der Waals surface area contributed by atoms with Crippen LogP contribution in [-0.2, 0) is 10.0 Å². The molecule has 0 aliphatic rings. The SMILES string of the molecule is O=NC(O)c1ccccc1NS(=O)(=O)c1ccccc1. The van der Waals surface area contributed by atoms with Gasteiger partial charge >= 0.3 is 0 Å². The normalized spacial score (nSPS) is 12.7. The van der Waals surface area contributed by atoms with Gasteiger partial charge < -0.3 is 5.11 Å². The average molecular weight is 292 g/mol. The Balaban J connectivity index is 2.38. The highest BCUT2D eigenvalue weighted by molar-refractivity contribution is 7.92. The van der Waals surface area contributed by atoms with Crippen LogP contribution in [0.2, 0.25) is 0 Å². The van der Waals surface area contributed by atoms with Crippen LogP contribution < -0.4 is 4.72 Å². The summed E-state index contributed by atoms with van der Waals surface area (Å²) in [4.78, 5) is 10.5. The van der Waals surface area contributed by atoms with Crippen molar-refractivity contribution in [3.8, 4) is 0 Å². The van der Waals surface area contributed by atoms with Gasteiger partial charge in [0.25, 0.3) is 10.0 Å². The summed E-state index contributed by atoms with van der Waals surface area (Å²) >= 11 is 0. The third-order valence-electron chi connectivity index (χ3n) is 2.64. The molecule has 2 N–H and O–H groups in total. The minimum atomic E-state index is -3.78. The Kier molecular flexibility index (Phi) is 4.11. The van der Waals surface area contributed by atoms with Crippen molar-refractivity contribution in [2.24, 2.45) is 5.18 Å². The van der Waals surface area contributed by atoms with Gasteiger partial charge in [-0.3, -0.25) is 4.72 Å². The van der Waals surface area contributed by atoms with Crippen LogP contribution in [0.5, 0.6) is 0 Å². The lowest BCUT2D eigenvalue weighted by Crippen LogP contribution is -2.14. The molecule has 0 heterocycles. The Labute approximate surface area is 116 Å². The Bertz CT molecular complexity index is 701. The first-order valence-electron chi connectivity index (χ1n) is 5.72. The van der Waals surface area contributed by atoms with Crippen molar-refractivity contribution in [3.63, 3.8) is 0 Å². The molecule has 2 rings (SSSR count). The second-order valence-electron chi connectivity index (χ2n) is 3.98. The zero-order chi connectivity index (χ0) is 14.6. The number of nitrogens with zero attached hydrogens (tertiary/aromatic N) is 1. The summed E-state index contributed by atoms with van der Waals surface area (Å²) in [5.74, 6) is 0. The monoisotopic (exact) mass is 292 g/mol. The van der Waals surface area contributed by atoms with Gasteiger partial charge in [-0.05, 0) is 23.4 Å². The van der Waals surface area contributed by atoms with Crippen molar-refractivity contribution in [1.82, 2.24) is 0 Å². The molecule has 104 valence electrons. The minimum absolute atomic E-state index is 0.0864. The Morgan fingerprint density at radius 3 is 2.25 bits per heavy atom. The molecule has 0 saturated carbocycles. The molecule has 0 fully saturated rings. The average Bonchev–Trinajstić information content (AvgIpc) is 2.47. The molecule has 6 nitrogen and oxygen atoms in total. The van der Waals surface area contributed by atoms with Crippen LogP contribution in [0.15, 0.2) is 64.7 Å². The molecule has 0 spiro atoms. The number of nitrogens with one attached hydrogen (secondary N) is 1. The van der Waals surface area contributed by atoms with E-state index < -0.39 is 16.3 Å². The topological polar surface area (TPSA) is 95.8 Å². The van der Waals surface area contributed by atoms with Crippen LogP contribution in [0.4, 0.5) is 5.69 Å². The van der Waals surface area contributed by atoms with Crippen molar-refractivity contribution in [3.05, 3.63) is 65.1 Å². The standard InChI is InChI=1S/C13H12N2O4S/c16-13(14-17)11-8-4-5-9-12(11)15-20(18,19)10-6-2-1-3-7-10/h1-9,13,15-16H. The first-order chi connectivity index (χ1) is 9.54. The van der Waals surface area contributed by atoms with Crippen molar-refractivity contribution >= 4 is 15.7 Å². The summed E-state index contributed by atoms with van der Waals surface area (Å²) < 4.78 is 26.7. The van der Waals surface area contributed by atoms with Gasteiger partial charge in [-0.2, -0.15) is 0 Å². The Hall–Kier alpha value is -2.25. The molecule has 0 radical (unpaired) electrons. The molecular formula is C13H12N2O4S. The highest BCUT2D eigenvalue weighted by atomic mass is 32.2. The van der Waals surface area contributed by atoms with Gasteiger partial charge in [-0.15, -0.1) is 4.91 Å². The molecule has 2 aromatic carbocycles. The fourth-order valence-corrected chi connectivity index (χ4v) is 2.78. The molecule has 0 saturated heterocycles. The number of benzene rings is 2. The van der Waals surface area contributed by atoms with E-state index in [4.69, 9.17) is 0 Å². The summed E-state index contributed by atoms with van der Waals surface area (Å²) in [5.41, 5.74) is 0.213. The molecule has 0 amide bonds. The summed E-state index contributed by atoms with van der Waals surface area (Å²) in [6, 6.07) is 13.8. The van der Waals surface area contributed by atoms with Gasteiger partial charge in [0, 0.05) is 5.56 Å². The molecule has 0 aliphatic heterocycles. The van der Waals surface area contributed by atoms with E-state index in [9.17, 15) is 18.4 Å². The summed E-state index contributed by atoms with van der Waals surface area (Å²) in [6.07, 6.45) is -1.62. The number of para-hydroxylation sites is 1. The van der Waals surface area contributed by atoms with E-state index in [1.807, 2.05) is 0 Å². The number of nitroso groups, excluding NO2 is 1. The van der Waals surface area contributed by atoms with Crippen molar-refractivity contribution < 1.29 is 13.5 Å². The van der Waals surface area contributed by atoms with Crippen molar-refractivity contribution in [2.75, 3.05) is 4.72 Å². The smallest absolute Gasteiger partial charge is 0.261 e. The van der Waals surface area contributed by atoms with Crippen LogP contribution in [0, 0.1) is 4.91 Å². The molecule has 20 heavy (non-hydrogen) atoms. The lowest BCUT2D eigenvalue weighted by atomic mass is 10.1. The van der Waals surface area contributed by atoms with E-state index in [1.54, 1.807) is 30.3 Å². The van der Waals surface area contributed by atoms with Gasteiger partial charge in [0.1, 0.15) is 0 Å². The summed E-state index contributed by atoms with van der Waals surface area (Å²) in [7, 11) is -3.78. The molecule has 1 unspecified atom stereocenters. The second-order valence-corrected chi connectivity index (χ2v) is 5.67. The van der Waals surface area contributed by atoms with Crippen LogP contribution in [0.25, 0.3) is 0 Å². The summed E-state index contributed by atoms with van der Waals surface area (Å²) in [6.45, 7) is 0. The maximum absolute atomic E-state index is 12.2. The number of sulfonamides is 1. The second kappa shape index (κ2) is 5.81. The lowest BCUT2D eigenvalue weighted by molar-refractivity contribution is 0.187. The minimum Gasteiger partial charge on any atom is -0.365 e. The molecule has 7 heteroatoms. The third kappa shape index (κ3) is 3.01. The van der Waals surface area contributed by atoms with Crippen LogP contribution in [0.1, 0.15) is 11.8 Å². The quantitative estimate of drug-likeness (QED) is 0.826. The largest absolute Gasteiger partial charge is 0.365 e. The van der Waals surface area contributed by atoms with Gasteiger partial charge in [-0.1, -0.05) is 36.4 Å². The Morgan fingerprint density at radius 2 is 1.60 bits per heavy atom. The lowest BCUT2D eigenvalue weighted by Gasteiger charge is -2.13. The zero-order valence-electron chi connectivity index (χ0n) is 10.3. The highest BCUT2D eigenvalue weighted by Crippen LogP contribution is 2.25. The third-order valence-corrected chi connectivity index (χ3v) is 4.02. The first kappa shape index (κ1) is 14.2. The number of anilines is 1. The fourth-order valence-electron chi connectivity index (χ4n) is 1.68. The van der Waals surface area contributed by atoms with Gasteiger partial charge in [0.2, 0.25) is 6.23 Å². The van der Waals surface area contributed by atoms with Gasteiger partial charge in [-0.25, -0.2) is 8.42 Å². The molecule has 0 aliphatic carbocycles. The predicted octanol–water partition coefficient (Wildman–Crippen LogP) is 2.24. The molecule has 1 atom stereocenters. The highest BCUT2D eigenvalue weighted by Gasteiger charge is 2.18. The molecule has 0 bridgehead atoms. The molecule has 0 aromatic heterocycles.